The Kier molecular flexibility index (Phi) is 3.85. The van der Waals surface area contributed by atoms with Crippen LogP contribution >= 0.6 is 11.3 Å². The van der Waals surface area contributed by atoms with E-state index >= 15 is 0 Å². The molecule has 0 fully saturated rings. The average molecular weight is 337 g/mol. The fourth-order valence-electron chi connectivity index (χ4n) is 3.93. The van der Waals surface area contributed by atoms with Gasteiger partial charge >= 0.3 is 0 Å². The van der Waals surface area contributed by atoms with Gasteiger partial charge in [0.2, 0.25) is 5.91 Å². The highest BCUT2D eigenvalue weighted by Gasteiger charge is 2.38. The first-order valence-electron chi connectivity index (χ1n) is 8.28. The number of benzene rings is 1. The van der Waals surface area contributed by atoms with Crippen molar-refractivity contribution in [2.24, 2.45) is 0 Å². The molecule has 1 aromatic carbocycles. The molecule has 0 spiro atoms. The summed E-state index contributed by atoms with van der Waals surface area (Å²) in [6.45, 7) is 2.05. The van der Waals surface area contributed by atoms with Crippen LogP contribution in [0.15, 0.2) is 53.0 Å². The minimum absolute atomic E-state index is 0.0154. The molecule has 2 heterocycles. The Balaban J connectivity index is 1.76. The van der Waals surface area contributed by atoms with Crippen LogP contribution in [0.4, 0.5) is 0 Å². The highest BCUT2D eigenvalue weighted by Crippen LogP contribution is 2.43. The lowest BCUT2D eigenvalue weighted by molar-refractivity contribution is -0.122. The number of hydrogen-bond donors (Lipinski definition) is 1. The maximum absolute atomic E-state index is 12.9. The third-order valence-electron chi connectivity index (χ3n) is 5.05. The van der Waals surface area contributed by atoms with E-state index in [0.29, 0.717) is 12.8 Å². The average Bonchev–Trinajstić information content (AvgIpc) is 3.08. The second-order valence-electron chi connectivity index (χ2n) is 6.60. The van der Waals surface area contributed by atoms with Crippen LogP contribution in [0.1, 0.15) is 47.1 Å². The lowest BCUT2D eigenvalue weighted by atomic mass is 9.74. The van der Waals surface area contributed by atoms with E-state index < -0.39 is 0 Å². The Bertz CT molecular complexity index is 835. The number of aryl methyl sites for hydroxylation is 1. The molecular formula is C20H19NO2S. The zero-order valence-electron chi connectivity index (χ0n) is 13.5. The van der Waals surface area contributed by atoms with Gasteiger partial charge in [-0.1, -0.05) is 30.3 Å². The van der Waals surface area contributed by atoms with Crippen LogP contribution in [0.3, 0.4) is 0 Å². The number of thiophene rings is 1. The van der Waals surface area contributed by atoms with Crippen molar-refractivity contribution in [3.8, 4) is 0 Å². The SMILES string of the molecule is Cc1ccccc1[C@@H]1CC(=O)NC2=C1C(=O)C[C@@H](c1cccs1)C2. The molecule has 2 aliphatic rings. The zero-order chi connectivity index (χ0) is 16.7. The maximum Gasteiger partial charge on any atom is 0.225 e. The van der Waals surface area contributed by atoms with Crippen molar-refractivity contribution in [1.29, 1.82) is 0 Å². The number of hydrogen-bond acceptors (Lipinski definition) is 3. The monoisotopic (exact) mass is 337 g/mol. The topological polar surface area (TPSA) is 46.2 Å². The van der Waals surface area contributed by atoms with Gasteiger partial charge in [0.05, 0.1) is 0 Å². The van der Waals surface area contributed by atoms with Crippen LogP contribution in [-0.4, -0.2) is 11.7 Å². The molecule has 0 unspecified atom stereocenters. The van der Waals surface area contributed by atoms with Gasteiger partial charge in [-0.3, -0.25) is 9.59 Å². The molecule has 24 heavy (non-hydrogen) atoms. The van der Waals surface area contributed by atoms with Crippen molar-refractivity contribution < 1.29 is 9.59 Å². The third-order valence-corrected chi connectivity index (χ3v) is 6.08. The Morgan fingerprint density at radius 2 is 1.88 bits per heavy atom. The fraction of sp³-hybridized carbons (Fsp3) is 0.300. The Hall–Kier alpha value is -2.20. The van der Waals surface area contributed by atoms with E-state index in [1.807, 2.05) is 42.6 Å². The number of ketones is 1. The Labute approximate surface area is 145 Å². The zero-order valence-corrected chi connectivity index (χ0v) is 14.4. The van der Waals surface area contributed by atoms with Gasteiger partial charge in [-0.05, 0) is 35.9 Å². The molecular weight excluding hydrogens is 318 g/mol. The van der Waals surface area contributed by atoms with Gasteiger partial charge < -0.3 is 5.32 Å². The molecule has 0 bridgehead atoms. The fourth-order valence-corrected chi connectivity index (χ4v) is 4.76. The molecule has 1 aliphatic heterocycles. The molecule has 3 nitrogen and oxygen atoms in total. The molecule has 1 aliphatic carbocycles. The molecule has 1 N–H and O–H groups in total. The molecule has 0 saturated carbocycles. The van der Waals surface area contributed by atoms with E-state index in [2.05, 4.69) is 11.4 Å². The summed E-state index contributed by atoms with van der Waals surface area (Å²) in [5.74, 6) is 0.281. The van der Waals surface area contributed by atoms with Crippen LogP contribution in [0, 0.1) is 6.92 Å². The van der Waals surface area contributed by atoms with Crippen LogP contribution in [-0.2, 0) is 9.59 Å². The number of allylic oxidation sites excluding steroid dienone is 2. The molecule has 1 amide bonds. The minimum Gasteiger partial charge on any atom is -0.329 e. The largest absolute Gasteiger partial charge is 0.329 e. The Morgan fingerprint density at radius 1 is 1.04 bits per heavy atom. The number of carbonyl (C=O) groups excluding carboxylic acids is 2. The van der Waals surface area contributed by atoms with Crippen molar-refractivity contribution in [2.45, 2.75) is 38.0 Å². The molecule has 0 radical (unpaired) electrons. The first-order valence-corrected chi connectivity index (χ1v) is 9.16. The number of Topliss-reactive ketones (excluding diaryl/α,β-unsaturated/α-hetero) is 1. The van der Waals surface area contributed by atoms with Gasteiger partial charge in [0.25, 0.3) is 0 Å². The van der Waals surface area contributed by atoms with Crippen molar-refractivity contribution in [1.82, 2.24) is 5.32 Å². The first kappa shape index (κ1) is 15.3. The predicted molar refractivity (Wildman–Crippen MR) is 95.0 cm³/mol. The van der Waals surface area contributed by atoms with Crippen LogP contribution < -0.4 is 5.32 Å². The molecule has 4 rings (SSSR count). The first-order chi connectivity index (χ1) is 11.6. The van der Waals surface area contributed by atoms with Crippen LogP contribution in [0.5, 0.6) is 0 Å². The summed E-state index contributed by atoms with van der Waals surface area (Å²) in [5, 5.41) is 5.03. The lowest BCUT2D eigenvalue weighted by Gasteiger charge is -2.34. The van der Waals surface area contributed by atoms with E-state index in [1.54, 1.807) is 11.3 Å². The molecule has 2 aromatic rings. The van der Waals surface area contributed by atoms with Gasteiger partial charge in [0.15, 0.2) is 5.78 Å². The number of nitrogens with one attached hydrogen (secondary N) is 1. The van der Waals surface area contributed by atoms with Crippen molar-refractivity contribution in [3.63, 3.8) is 0 Å². The summed E-state index contributed by atoms with van der Waals surface area (Å²) in [6, 6.07) is 12.2. The van der Waals surface area contributed by atoms with E-state index in [-0.39, 0.29) is 23.5 Å². The summed E-state index contributed by atoms with van der Waals surface area (Å²) in [7, 11) is 0. The molecule has 1 aromatic heterocycles. The Morgan fingerprint density at radius 3 is 2.62 bits per heavy atom. The van der Waals surface area contributed by atoms with Gasteiger partial charge in [0, 0.05) is 40.8 Å². The summed E-state index contributed by atoms with van der Waals surface area (Å²) in [5.41, 5.74) is 3.91. The van der Waals surface area contributed by atoms with Crippen LogP contribution in [0.25, 0.3) is 0 Å². The van der Waals surface area contributed by atoms with Gasteiger partial charge in [0.1, 0.15) is 0 Å². The predicted octanol–water partition coefficient (Wildman–Crippen LogP) is 4.06. The third kappa shape index (κ3) is 2.61. The van der Waals surface area contributed by atoms with Gasteiger partial charge in [-0.25, -0.2) is 0 Å². The summed E-state index contributed by atoms with van der Waals surface area (Å²) >= 11 is 1.68. The molecule has 2 atom stereocenters. The molecule has 0 saturated heterocycles. The number of rotatable bonds is 2. The lowest BCUT2D eigenvalue weighted by Crippen LogP contribution is -2.38. The highest BCUT2D eigenvalue weighted by atomic mass is 32.1. The standard InChI is InChI=1S/C20H19NO2S/c1-12-5-2-3-6-14(12)15-11-19(23)21-16-9-13(10-17(22)20(15)16)18-7-4-8-24-18/h2-8,13,15H,9-11H2,1H3,(H,21,23)/t13-,15-/m0/s1. The van der Waals surface area contributed by atoms with Crippen molar-refractivity contribution in [2.75, 3.05) is 0 Å². The van der Waals surface area contributed by atoms with Gasteiger partial charge in [-0.2, -0.15) is 0 Å². The van der Waals surface area contributed by atoms with Crippen molar-refractivity contribution in [3.05, 3.63) is 69.1 Å². The van der Waals surface area contributed by atoms with E-state index in [0.717, 1.165) is 28.8 Å². The minimum atomic E-state index is -0.105. The van der Waals surface area contributed by atoms with Crippen molar-refractivity contribution >= 4 is 23.0 Å². The second kappa shape index (κ2) is 6.02. The second-order valence-corrected chi connectivity index (χ2v) is 7.58. The van der Waals surface area contributed by atoms with Gasteiger partial charge in [-0.15, -0.1) is 11.3 Å². The number of amides is 1. The molecule has 122 valence electrons. The van der Waals surface area contributed by atoms with E-state index in [4.69, 9.17) is 0 Å². The smallest absolute Gasteiger partial charge is 0.225 e. The quantitative estimate of drug-likeness (QED) is 0.898. The van der Waals surface area contributed by atoms with E-state index in [9.17, 15) is 9.59 Å². The summed E-state index contributed by atoms with van der Waals surface area (Å²) in [4.78, 5) is 26.4. The number of carbonyl (C=O) groups is 2. The maximum atomic E-state index is 12.9. The van der Waals surface area contributed by atoms with Crippen LogP contribution in [0.2, 0.25) is 0 Å². The summed E-state index contributed by atoms with van der Waals surface area (Å²) in [6.07, 6.45) is 1.65. The summed E-state index contributed by atoms with van der Waals surface area (Å²) < 4.78 is 0. The molecule has 4 heteroatoms. The van der Waals surface area contributed by atoms with E-state index in [1.165, 1.54) is 4.88 Å². The normalized spacial score (nSPS) is 23.9. The highest BCUT2D eigenvalue weighted by molar-refractivity contribution is 7.10.